The number of methoxy groups -OCH3 is 2. The topological polar surface area (TPSA) is 60.9 Å². The highest BCUT2D eigenvalue weighted by Crippen LogP contribution is 2.34. The second kappa shape index (κ2) is 8.57. The molecule has 0 aliphatic carbocycles. The number of carbonyl (C=O) groups is 1. The van der Waals surface area contributed by atoms with Crippen LogP contribution in [0.4, 0.5) is 5.13 Å². The maximum Gasteiger partial charge on any atom is 0.263 e. The summed E-state index contributed by atoms with van der Waals surface area (Å²) in [5, 5.41) is 1.08. The molecule has 0 N–H and O–H groups in total. The van der Waals surface area contributed by atoms with Crippen molar-refractivity contribution in [2.75, 3.05) is 32.3 Å². The van der Waals surface area contributed by atoms with Crippen LogP contribution in [-0.2, 0) is 4.74 Å². The van der Waals surface area contributed by atoms with Gasteiger partial charge in [0.1, 0.15) is 11.5 Å². The summed E-state index contributed by atoms with van der Waals surface area (Å²) in [7, 11) is 3.15. The number of anilines is 1. The molecule has 0 spiro atoms. The van der Waals surface area contributed by atoms with Crippen LogP contribution in [0.3, 0.4) is 0 Å². The van der Waals surface area contributed by atoms with E-state index in [1.54, 1.807) is 30.2 Å². The number of fused-ring (bicyclic) bond motifs is 1. The fourth-order valence-corrected chi connectivity index (χ4v) is 4.50. The minimum absolute atomic E-state index is 0.0225. The van der Waals surface area contributed by atoms with Crippen LogP contribution >= 0.6 is 22.9 Å². The van der Waals surface area contributed by atoms with Crippen LogP contribution in [0.15, 0.2) is 36.4 Å². The number of halogens is 1. The van der Waals surface area contributed by atoms with E-state index in [0.29, 0.717) is 34.6 Å². The van der Waals surface area contributed by atoms with Gasteiger partial charge in [-0.25, -0.2) is 4.98 Å². The van der Waals surface area contributed by atoms with Gasteiger partial charge in [0.15, 0.2) is 5.13 Å². The second-order valence-corrected chi connectivity index (χ2v) is 8.17. The van der Waals surface area contributed by atoms with E-state index in [0.717, 1.165) is 28.8 Å². The predicted molar refractivity (Wildman–Crippen MR) is 115 cm³/mol. The maximum absolute atomic E-state index is 13.5. The quantitative estimate of drug-likeness (QED) is 0.560. The lowest BCUT2D eigenvalue weighted by atomic mass is 10.1. The molecule has 152 valence electrons. The van der Waals surface area contributed by atoms with Crippen LogP contribution in [0.25, 0.3) is 10.2 Å². The Morgan fingerprint density at radius 2 is 2.14 bits per heavy atom. The molecule has 8 heteroatoms. The number of amides is 1. The molecule has 1 fully saturated rings. The largest absolute Gasteiger partial charge is 0.497 e. The number of ether oxygens (including phenoxy) is 3. The van der Waals surface area contributed by atoms with E-state index in [9.17, 15) is 4.79 Å². The van der Waals surface area contributed by atoms with Crippen molar-refractivity contribution in [1.29, 1.82) is 0 Å². The smallest absolute Gasteiger partial charge is 0.263 e. The summed E-state index contributed by atoms with van der Waals surface area (Å²) < 4.78 is 17.5. The molecule has 6 nitrogen and oxygen atoms in total. The highest BCUT2D eigenvalue weighted by atomic mass is 35.5. The first kappa shape index (κ1) is 19.9. The van der Waals surface area contributed by atoms with Gasteiger partial charge in [0.2, 0.25) is 0 Å². The summed E-state index contributed by atoms with van der Waals surface area (Å²) >= 11 is 7.62. The molecule has 3 aromatic rings. The summed E-state index contributed by atoms with van der Waals surface area (Å²) in [4.78, 5) is 19.9. The van der Waals surface area contributed by atoms with Gasteiger partial charge in [-0.05, 0) is 43.2 Å². The Balaban J connectivity index is 1.75. The molecule has 1 atom stereocenters. The number of carbonyl (C=O) groups excluding carboxylic acids is 1. The molecule has 1 aliphatic rings. The van der Waals surface area contributed by atoms with Crippen molar-refractivity contribution < 1.29 is 19.0 Å². The average molecular weight is 433 g/mol. The van der Waals surface area contributed by atoms with Gasteiger partial charge < -0.3 is 14.2 Å². The zero-order valence-electron chi connectivity index (χ0n) is 16.2. The number of hydrogen-bond acceptors (Lipinski definition) is 6. The Bertz CT molecular complexity index is 1030. The van der Waals surface area contributed by atoms with E-state index in [4.69, 9.17) is 30.8 Å². The van der Waals surface area contributed by atoms with Gasteiger partial charge in [0.25, 0.3) is 5.91 Å². The average Bonchev–Trinajstić information content (AvgIpc) is 3.40. The molecule has 1 saturated heterocycles. The Morgan fingerprint density at radius 1 is 1.28 bits per heavy atom. The summed E-state index contributed by atoms with van der Waals surface area (Å²) in [6.07, 6.45) is 1.88. The Hall–Kier alpha value is -2.35. The molecule has 0 saturated carbocycles. The van der Waals surface area contributed by atoms with E-state index in [1.807, 2.05) is 18.2 Å². The highest BCUT2D eigenvalue weighted by molar-refractivity contribution is 7.22. The molecule has 1 amide bonds. The zero-order chi connectivity index (χ0) is 20.4. The number of nitrogens with zero attached hydrogens (tertiary/aromatic N) is 2. The van der Waals surface area contributed by atoms with Gasteiger partial charge in [-0.15, -0.1) is 0 Å². The number of hydrogen-bond donors (Lipinski definition) is 0. The number of thiazole rings is 1. The summed E-state index contributed by atoms with van der Waals surface area (Å²) in [5.41, 5.74) is 1.18. The van der Waals surface area contributed by atoms with Crippen LogP contribution in [0.5, 0.6) is 11.5 Å². The van der Waals surface area contributed by atoms with E-state index >= 15 is 0 Å². The second-order valence-electron chi connectivity index (χ2n) is 6.73. The van der Waals surface area contributed by atoms with Gasteiger partial charge >= 0.3 is 0 Å². The number of rotatable bonds is 6. The monoisotopic (exact) mass is 432 g/mol. The third-order valence-electron chi connectivity index (χ3n) is 4.86. The van der Waals surface area contributed by atoms with Crippen LogP contribution in [0.2, 0.25) is 5.02 Å². The van der Waals surface area contributed by atoms with Crippen LogP contribution in [-0.4, -0.2) is 44.4 Å². The van der Waals surface area contributed by atoms with E-state index < -0.39 is 0 Å². The fourth-order valence-electron chi connectivity index (χ4n) is 3.37. The summed E-state index contributed by atoms with van der Waals surface area (Å²) in [5.74, 6) is 0.980. The first-order valence-electron chi connectivity index (χ1n) is 9.30. The minimum Gasteiger partial charge on any atom is -0.497 e. The van der Waals surface area contributed by atoms with Crippen LogP contribution in [0, 0.1) is 0 Å². The van der Waals surface area contributed by atoms with Crippen molar-refractivity contribution >= 4 is 44.2 Å². The predicted octanol–water partition coefficient (Wildman–Crippen LogP) is 4.79. The SMILES string of the molecule is COc1ccc2sc(N(CC3CCCO3)C(=O)c3cc(Cl)ccc3OC)nc2c1. The van der Waals surface area contributed by atoms with Crippen molar-refractivity contribution in [1.82, 2.24) is 4.98 Å². The van der Waals surface area contributed by atoms with E-state index in [2.05, 4.69) is 0 Å². The molecular weight excluding hydrogens is 412 g/mol. The molecule has 29 heavy (non-hydrogen) atoms. The molecule has 1 aliphatic heterocycles. The molecule has 0 bridgehead atoms. The highest BCUT2D eigenvalue weighted by Gasteiger charge is 2.29. The normalized spacial score (nSPS) is 16.2. The Morgan fingerprint density at radius 3 is 2.86 bits per heavy atom. The van der Waals surface area contributed by atoms with E-state index in [1.165, 1.54) is 18.4 Å². The molecule has 1 aromatic heterocycles. The van der Waals surface area contributed by atoms with Gasteiger partial charge in [-0.3, -0.25) is 9.69 Å². The molecular formula is C21H21ClN2O4S. The minimum atomic E-state index is -0.217. The van der Waals surface area contributed by atoms with Crippen molar-refractivity contribution in [2.24, 2.45) is 0 Å². The van der Waals surface area contributed by atoms with E-state index in [-0.39, 0.29) is 12.0 Å². The lowest BCUT2D eigenvalue weighted by molar-refractivity contribution is 0.0915. The van der Waals surface area contributed by atoms with Gasteiger partial charge in [0.05, 0.1) is 42.6 Å². The van der Waals surface area contributed by atoms with Crippen molar-refractivity contribution in [2.45, 2.75) is 18.9 Å². The molecule has 2 aromatic carbocycles. The lowest BCUT2D eigenvalue weighted by Crippen LogP contribution is -2.37. The summed E-state index contributed by atoms with van der Waals surface area (Å²) in [6, 6.07) is 10.7. The Kier molecular flexibility index (Phi) is 5.89. The first-order chi connectivity index (χ1) is 14.1. The maximum atomic E-state index is 13.5. The summed E-state index contributed by atoms with van der Waals surface area (Å²) in [6.45, 7) is 1.13. The lowest BCUT2D eigenvalue weighted by Gasteiger charge is -2.24. The van der Waals surface area contributed by atoms with Gasteiger partial charge in [-0.2, -0.15) is 0 Å². The van der Waals surface area contributed by atoms with Crippen LogP contribution in [0.1, 0.15) is 23.2 Å². The molecule has 1 unspecified atom stereocenters. The van der Waals surface area contributed by atoms with Crippen molar-refractivity contribution in [3.05, 3.63) is 47.0 Å². The number of benzene rings is 2. The third-order valence-corrected chi connectivity index (χ3v) is 6.16. The van der Waals surface area contributed by atoms with Crippen molar-refractivity contribution in [3.8, 4) is 11.5 Å². The van der Waals surface area contributed by atoms with Crippen LogP contribution < -0.4 is 14.4 Å². The number of aromatic nitrogens is 1. The molecule has 4 rings (SSSR count). The molecule has 2 heterocycles. The zero-order valence-corrected chi connectivity index (χ0v) is 17.8. The third kappa shape index (κ3) is 4.17. The molecule has 0 radical (unpaired) electrons. The Labute approximate surface area is 178 Å². The van der Waals surface area contributed by atoms with Crippen molar-refractivity contribution in [3.63, 3.8) is 0 Å². The standard InChI is InChI=1S/C21H21ClN2O4S/c1-26-14-6-8-19-17(11-14)23-21(29-19)24(12-15-4-3-9-28-15)20(25)16-10-13(22)5-7-18(16)27-2/h5-8,10-11,15H,3-4,9,12H2,1-2H3. The van der Waals surface area contributed by atoms with Gasteiger partial charge in [0, 0.05) is 17.7 Å². The fraction of sp³-hybridized carbons (Fsp3) is 0.333. The van der Waals surface area contributed by atoms with Gasteiger partial charge in [-0.1, -0.05) is 22.9 Å². The first-order valence-corrected chi connectivity index (χ1v) is 10.5.